The fraction of sp³-hybridized carbons (Fsp3) is 0.200. The summed E-state index contributed by atoms with van der Waals surface area (Å²) in [6.07, 6.45) is -4.42. The van der Waals surface area contributed by atoms with Gasteiger partial charge < -0.3 is 10.1 Å². The van der Waals surface area contributed by atoms with Crippen LogP contribution in [-0.2, 0) is 11.0 Å². The van der Waals surface area contributed by atoms with Crippen molar-refractivity contribution in [2.75, 3.05) is 5.75 Å². The summed E-state index contributed by atoms with van der Waals surface area (Å²) in [5.41, 5.74) is -0.176. The maximum atomic E-state index is 12.5. The fourth-order valence-electron chi connectivity index (χ4n) is 1.36. The summed E-state index contributed by atoms with van der Waals surface area (Å²) in [7, 11) is 0. The molecule has 0 spiro atoms. The number of aliphatic carboxylic acids is 1. The van der Waals surface area contributed by atoms with E-state index in [9.17, 15) is 18.0 Å². The van der Waals surface area contributed by atoms with Crippen LogP contribution in [0.15, 0.2) is 23.4 Å². The van der Waals surface area contributed by atoms with Crippen molar-refractivity contribution in [2.24, 2.45) is 0 Å². The monoisotopic (exact) mass is 276 g/mol. The average molecular weight is 276 g/mol. The van der Waals surface area contributed by atoms with Crippen LogP contribution in [0.5, 0.6) is 0 Å². The number of aromatic nitrogens is 2. The number of alkyl halides is 3. The lowest BCUT2D eigenvalue weighted by Gasteiger charge is -2.04. The standard InChI is InChI=1S/C10H7F3N2O2S/c11-10(12,13)5-1-2-6-7(3-5)15-9(14-6)18-4-8(16)17/h1-3H,4H2,(H,14,15)(H,16,17). The molecular weight excluding hydrogens is 269 g/mol. The largest absolute Gasteiger partial charge is 0.481 e. The van der Waals surface area contributed by atoms with Crippen LogP contribution in [0.2, 0.25) is 0 Å². The number of hydrogen-bond acceptors (Lipinski definition) is 3. The first-order valence-corrected chi connectivity index (χ1v) is 5.76. The molecule has 0 saturated carbocycles. The smallest absolute Gasteiger partial charge is 0.416 e. The number of hydrogen-bond donors (Lipinski definition) is 2. The number of carboxylic acids is 1. The third-order valence-electron chi connectivity index (χ3n) is 2.12. The van der Waals surface area contributed by atoms with Crippen molar-refractivity contribution in [1.29, 1.82) is 0 Å². The molecule has 2 rings (SSSR count). The first kappa shape index (κ1) is 12.7. The Morgan fingerprint density at radius 2 is 2.17 bits per heavy atom. The first-order chi connectivity index (χ1) is 8.36. The minimum Gasteiger partial charge on any atom is -0.481 e. The summed E-state index contributed by atoms with van der Waals surface area (Å²) in [5, 5.41) is 8.77. The Balaban J connectivity index is 2.31. The van der Waals surface area contributed by atoms with E-state index in [-0.39, 0.29) is 16.4 Å². The number of benzene rings is 1. The predicted octanol–water partition coefficient (Wildman–Crippen LogP) is 2.76. The average Bonchev–Trinajstić information content (AvgIpc) is 2.66. The Labute approximate surface area is 103 Å². The van der Waals surface area contributed by atoms with Gasteiger partial charge in [-0.1, -0.05) is 11.8 Å². The molecule has 8 heteroatoms. The lowest BCUT2D eigenvalue weighted by Crippen LogP contribution is -2.04. The molecule has 0 fully saturated rings. The highest BCUT2D eigenvalue weighted by Crippen LogP contribution is 2.31. The zero-order valence-corrected chi connectivity index (χ0v) is 9.60. The third kappa shape index (κ3) is 2.76. The Hall–Kier alpha value is -1.70. The number of aromatic amines is 1. The van der Waals surface area contributed by atoms with E-state index in [4.69, 9.17) is 5.11 Å². The molecule has 0 aliphatic heterocycles. The second-order valence-corrected chi connectivity index (χ2v) is 4.42. The summed E-state index contributed by atoms with van der Waals surface area (Å²) in [6.45, 7) is 0. The SMILES string of the molecule is O=C(O)CSc1nc2cc(C(F)(F)F)ccc2[nH]1. The predicted molar refractivity (Wildman–Crippen MR) is 59.5 cm³/mol. The van der Waals surface area contributed by atoms with E-state index in [1.165, 1.54) is 6.07 Å². The van der Waals surface area contributed by atoms with Gasteiger partial charge >= 0.3 is 12.1 Å². The van der Waals surface area contributed by atoms with Crippen molar-refractivity contribution < 1.29 is 23.1 Å². The molecule has 96 valence electrons. The van der Waals surface area contributed by atoms with E-state index < -0.39 is 17.7 Å². The molecule has 0 unspecified atom stereocenters. The van der Waals surface area contributed by atoms with Gasteiger partial charge in [0, 0.05) is 0 Å². The summed E-state index contributed by atoms with van der Waals surface area (Å²) in [5.74, 6) is -1.22. The van der Waals surface area contributed by atoms with Gasteiger partial charge in [0.05, 0.1) is 22.3 Å². The number of nitrogens with one attached hydrogen (secondary N) is 1. The number of halogens is 3. The molecule has 2 aromatic rings. The summed E-state index contributed by atoms with van der Waals surface area (Å²) in [4.78, 5) is 17.0. The van der Waals surface area contributed by atoms with Crippen LogP contribution in [0, 0.1) is 0 Å². The van der Waals surface area contributed by atoms with E-state index >= 15 is 0 Å². The minimum absolute atomic E-state index is 0.165. The van der Waals surface area contributed by atoms with Gasteiger partial charge in [-0.25, -0.2) is 4.98 Å². The van der Waals surface area contributed by atoms with Crippen molar-refractivity contribution in [2.45, 2.75) is 11.3 Å². The molecule has 1 heterocycles. The lowest BCUT2D eigenvalue weighted by atomic mass is 10.2. The highest BCUT2D eigenvalue weighted by molar-refractivity contribution is 7.99. The zero-order valence-electron chi connectivity index (χ0n) is 8.78. The molecule has 18 heavy (non-hydrogen) atoms. The van der Waals surface area contributed by atoms with E-state index in [1.54, 1.807) is 0 Å². The molecule has 0 amide bonds. The van der Waals surface area contributed by atoms with Gasteiger partial charge in [0.25, 0.3) is 0 Å². The van der Waals surface area contributed by atoms with Crippen LogP contribution >= 0.6 is 11.8 Å². The molecule has 0 atom stereocenters. The second kappa shape index (κ2) is 4.52. The molecule has 0 radical (unpaired) electrons. The van der Waals surface area contributed by atoms with Crippen LogP contribution in [0.3, 0.4) is 0 Å². The van der Waals surface area contributed by atoms with Crippen molar-refractivity contribution in [3.63, 3.8) is 0 Å². The number of thioether (sulfide) groups is 1. The van der Waals surface area contributed by atoms with Crippen molar-refractivity contribution >= 4 is 28.8 Å². The third-order valence-corrected chi connectivity index (χ3v) is 2.98. The maximum Gasteiger partial charge on any atom is 0.416 e. The van der Waals surface area contributed by atoms with E-state index in [2.05, 4.69) is 9.97 Å². The molecule has 1 aromatic carbocycles. The molecule has 1 aromatic heterocycles. The van der Waals surface area contributed by atoms with Crippen LogP contribution in [-0.4, -0.2) is 26.8 Å². The lowest BCUT2D eigenvalue weighted by molar-refractivity contribution is -0.137. The van der Waals surface area contributed by atoms with Gasteiger partial charge in [0.2, 0.25) is 0 Å². The highest BCUT2D eigenvalue weighted by Gasteiger charge is 2.30. The molecule has 0 bridgehead atoms. The zero-order chi connectivity index (χ0) is 13.3. The minimum atomic E-state index is -4.42. The van der Waals surface area contributed by atoms with Crippen LogP contribution in [0.4, 0.5) is 13.2 Å². The number of carbonyl (C=O) groups is 1. The quantitative estimate of drug-likeness (QED) is 0.846. The summed E-state index contributed by atoms with van der Waals surface area (Å²) in [6, 6.07) is 3.15. The van der Waals surface area contributed by atoms with Crippen molar-refractivity contribution in [3.05, 3.63) is 23.8 Å². The van der Waals surface area contributed by atoms with Crippen LogP contribution in [0.25, 0.3) is 11.0 Å². The number of imidazole rings is 1. The van der Waals surface area contributed by atoms with Gasteiger partial charge in [0.15, 0.2) is 5.16 Å². The normalized spacial score (nSPS) is 11.9. The van der Waals surface area contributed by atoms with Crippen molar-refractivity contribution in [3.8, 4) is 0 Å². The van der Waals surface area contributed by atoms with Gasteiger partial charge in [-0.15, -0.1) is 0 Å². The molecule has 0 saturated heterocycles. The van der Waals surface area contributed by atoms with Gasteiger partial charge in [-0.3, -0.25) is 4.79 Å². The second-order valence-electron chi connectivity index (χ2n) is 3.45. The van der Waals surface area contributed by atoms with E-state index in [1.807, 2.05) is 0 Å². The molecule has 2 N–H and O–H groups in total. The Bertz CT molecular complexity index is 594. The number of fused-ring (bicyclic) bond motifs is 1. The molecule has 4 nitrogen and oxygen atoms in total. The number of carboxylic acid groups (broad SMARTS) is 1. The Morgan fingerprint density at radius 1 is 1.44 bits per heavy atom. The molecule has 0 aliphatic rings. The molecular formula is C10H7F3N2O2S. The number of nitrogens with zero attached hydrogens (tertiary/aromatic N) is 1. The maximum absolute atomic E-state index is 12.5. The van der Waals surface area contributed by atoms with E-state index in [0.29, 0.717) is 5.52 Å². The summed E-state index contributed by atoms with van der Waals surface area (Å²) >= 11 is 0.920. The highest BCUT2D eigenvalue weighted by atomic mass is 32.2. The van der Waals surface area contributed by atoms with Gasteiger partial charge in [0.1, 0.15) is 0 Å². The first-order valence-electron chi connectivity index (χ1n) is 4.78. The van der Waals surface area contributed by atoms with E-state index in [0.717, 1.165) is 23.9 Å². The summed E-state index contributed by atoms with van der Waals surface area (Å²) < 4.78 is 37.4. The van der Waals surface area contributed by atoms with Gasteiger partial charge in [-0.05, 0) is 18.2 Å². The Morgan fingerprint density at radius 3 is 2.78 bits per heavy atom. The van der Waals surface area contributed by atoms with Crippen molar-refractivity contribution in [1.82, 2.24) is 9.97 Å². The van der Waals surface area contributed by atoms with Crippen LogP contribution in [0.1, 0.15) is 5.56 Å². The van der Waals surface area contributed by atoms with Gasteiger partial charge in [-0.2, -0.15) is 13.2 Å². The van der Waals surface area contributed by atoms with Crippen LogP contribution < -0.4 is 0 Å². The topological polar surface area (TPSA) is 66.0 Å². The Kier molecular flexibility index (Phi) is 3.20. The molecule has 0 aliphatic carbocycles. The number of rotatable bonds is 3. The number of H-pyrrole nitrogens is 1. The fourth-order valence-corrected chi connectivity index (χ4v) is 1.96.